The van der Waals surface area contributed by atoms with Gasteiger partial charge in [0.15, 0.2) is 0 Å². The van der Waals surface area contributed by atoms with E-state index in [-0.39, 0.29) is 50.1 Å². The quantitative estimate of drug-likeness (QED) is 0.331. The van der Waals surface area contributed by atoms with Gasteiger partial charge in [0.25, 0.3) is 0 Å². The second-order valence-electron chi connectivity index (χ2n) is 8.91. The van der Waals surface area contributed by atoms with Crippen molar-refractivity contribution in [2.75, 3.05) is 19.7 Å². The van der Waals surface area contributed by atoms with E-state index in [0.717, 1.165) is 28.6 Å². The molecule has 0 unspecified atom stereocenters. The minimum absolute atomic E-state index is 0.0575. The molecule has 2 rings (SSSR count). The van der Waals surface area contributed by atoms with Gasteiger partial charge < -0.3 is 19.9 Å². The lowest BCUT2D eigenvalue weighted by Crippen LogP contribution is -2.35. The van der Waals surface area contributed by atoms with Gasteiger partial charge in [-0.15, -0.1) is 0 Å². The molecule has 1 amide bonds. The molecular formula is C26H33F3N2O7S. The van der Waals surface area contributed by atoms with Gasteiger partial charge in [-0.1, -0.05) is 13.0 Å². The Hall–Kier alpha value is -3.32. The molecule has 0 fully saturated rings. The second-order valence-corrected chi connectivity index (χ2v) is 10.8. The highest BCUT2D eigenvalue weighted by atomic mass is 32.2. The van der Waals surface area contributed by atoms with Crippen LogP contribution in [-0.4, -0.2) is 55.7 Å². The first-order valence-electron chi connectivity index (χ1n) is 12.3. The molecule has 2 aromatic carbocycles. The second kappa shape index (κ2) is 14.2. The summed E-state index contributed by atoms with van der Waals surface area (Å²) in [6.07, 6.45) is -4.95. The molecule has 216 valence electrons. The summed E-state index contributed by atoms with van der Waals surface area (Å²) in [5, 5.41) is 11.6. The third kappa shape index (κ3) is 10.1. The molecule has 0 aliphatic carbocycles. The topological polar surface area (TPSA) is 122 Å². The van der Waals surface area contributed by atoms with E-state index < -0.39 is 33.8 Å². The molecule has 2 aromatic rings. The Morgan fingerprint density at radius 2 is 1.72 bits per heavy atom. The molecule has 0 aromatic heterocycles. The number of alkyl carbamates (subject to hydrolysis) is 1. The molecule has 0 bridgehead atoms. The standard InChI is InChI=1S/C26H33F3N2O7S/c1-4-13-31(39(35,36)23-10-7-21(8-11-23)26(27,28)29)14-15-37-22-9-5-19(6-12-24(32)33)20(16-22)17-30-25(34)38-18(2)3/h5,7-11,16,18H,4,6,12-15,17H2,1-3H3,(H,30,34)(H,32,33). The maximum Gasteiger partial charge on any atom is 0.416 e. The highest BCUT2D eigenvalue weighted by Crippen LogP contribution is 2.30. The first kappa shape index (κ1) is 31.9. The van der Waals surface area contributed by atoms with E-state index in [1.54, 1.807) is 39.0 Å². The Kier molecular flexibility index (Phi) is 11.6. The van der Waals surface area contributed by atoms with Crippen molar-refractivity contribution in [3.05, 3.63) is 59.2 Å². The summed E-state index contributed by atoms with van der Waals surface area (Å²) in [7, 11) is -4.07. The summed E-state index contributed by atoms with van der Waals surface area (Å²) < 4.78 is 76.7. The van der Waals surface area contributed by atoms with Gasteiger partial charge in [0.05, 0.1) is 16.6 Å². The van der Waals surface area contributed by atoms with Crippen LogP contribution in [0.15, 0.2) is 47.4 Å². The largest absolute Gasteiger partial charge is 0.492 e. The molecule has 9 nitrogen and oxygen atoms in total. The fourth-order valence-electron chi connectivity index (χ4n) is 3.60. The number of ether oxygens (including phenoxy) is 2. The minimum atomic E-state index is -4.58. The Morgan fingerprint density at radius 1 is 1.05 bits per heavy atom. The zero-order valence-electron chi connectivity index (χ0n) is 22.0. The average Bonchev–Trinajstić information content (AvgIpc) is 2.85. The number of amides is 1. The number of nitrogens with one attached hydrogen (secondary N) is 1. The van der Waals surface area contributed by atoms with E-state index in [0.29, 0.717) is 23.3 Å². The van der Waals surface area contributed by atoms with Crippen LogP contribution in [0, 0.1) is 0 Å². The number of alkyl halides is 3. The van der Waals surface area contributed by atoms with E-state index in [4.69, 9.17) is 14.6 Å². The number of carbonyl (C=O) groups excluding carboxylic acids is 1. The molecule has 2 N–H and O–H groups in total. The molecule has 13 heteroatoms. The normalized spacial score (nSPS) is 12.0. The number of sulfonamides is 1. The summed E-state index contributed by atoms with van der Waals surface area (Å²) >= 11 is 0. The molecule has 0 aliphatic heterocycles. The maximum absolute atomic E-state index is 13.1. The van der Waals surface area contributed by atoms with E-state index in [2.05, 4.69) is 5.32 Å². The van der Waals surface area contributed by atoms with Crippen molar-refractivity contribution in [1.82, 2.24) is 9.62 Å². The van der Waals surface area contributed by atoms with Crippen molar-refractivity contribution in [1.29, 1.82) is 0 Å². The fraction of sp³-hybridized carbons (Fsp3) is 0.462. The predicted octanol–water partition coefficient (Wildman–Crippen LogP) is 4.84. The van der Waals surface area contributed by atoms with Crippen LogP contribution in [-0.2, 0) is 38.7 Å². The van der Waals surface area contributed by atoms with E-state index in [1.165, 1.54) is 0 Å². The zero-order valence-corrected chi connectivity index (χ0v) is 22.8. The number of nitrogens with zero attached hydrogens (tertiary/aromatic N) is 1. The minimum Gasteiger partial charge on any atom is -0.492 e. The predicted molar refractivity (Wildman–Crippen MR) is 137 cm³/mol. The number of hydrogen-bond acceptors (Lipinski definition) is 6. The molecule has 0 spiro atoms. The number of halogens is 3. The number of aliphatic carboxylic acids is 1. The third-order valence-corrected chi connectivity index (χ3v) is 7.37. The summed E-state index contributed by atoms with van der Waals surface area (Å²) in [6, 6.07) is 8.23. The van der Waals surface area contributed by atoms with Gasteiger partial charge in [-0.3, -0.25) is 4.79 Å². The van der Waals surface area contributed by atoms with Gasteiger partial charge in [-0.05, 0) is 74.2 Å². The summed E-state index contributed by atoms with van der Waals surface area (Å²) in [5.74, 6) is -0.606. The zero-order chi connectivity index (χ0) is 29.2. The van der Waals surface area contributed by atoms with Gasteiger partial charge in [-0.25, -0.2) is 13.2 Å². The molecule has 0 radical (unpaired) electrons. The third-order valence-electron chi connectivity index (χ3n) is 5.45. The van der Waals surface area contributed by atoms with E-state index >= 15 is 0 Å². The van der Waals surface area contributed by atoms with Gasteiger partial charge in [0.2, 0.25) is 10.0 Å². The van der Waals surface area contributed by atoms with Crippen LogP contribution < -0.4 is 10.1 Å². The van der Waals surface area contributed by atoms with Crippen molar-refractivity contribution in [2.24, 2.45) is 0 Å². The summed E-state index contributed by atoms with van der Waals surface area (Å²) in [6.45, 7) is 5.24. The monoisotopic (exact) mass is 574 g/mol. The van der Waals surface area contributed by atoms with Crippen molar-refractivity contribution in [3.8, 4) is 5.75 Å². The molecular weight excluding hydrogens is 541 g/mol. The van der Waals surface area contributed by atoms with Crippen LogP contribution >= 0.6 is 0 Å². The lowest BCUT2D eigenvalue weighted by molar-refractivity contribution is -0.138. The van der Waals surface area contributed by atoms with Crippen molar-refractivity contribution >= 4 is 22.1 Å². The number of carbonyl (C=O) groups is 2. The maximum atomic E-state index is 13.1. The molecule has 0 atom stereocenters. The van der Waals surface area contributed by atoms with Crippen LogP contribution in [0.1, 0.15) is 50.3 Å². The fourth-order valence-corrected chi connectivity index (χ4v) is 5.11. The van der Waals surface area contributed by atoms with E-state index in [1.807, 2.05) is 0 Å². The number of rotatable bonds is 14. The van der Waals surface area contributed by atoms with Crippen molar-refractivity contribution in [2.45, 2.75) is 63.8 Å². The average molecular weight is 575 g/mol. The van der Waals surface area contributed by atoms with Crippen molar-refractivity contribution in [3.63, 3.8) is 0 Å². The Bertz CT molecular complexity index is 1220. The highest BCUT2D eigenvalue weighted by molar-refractivity contribution is 7.89. The first-order chi connectivity index (χ1) is 18.2. The van der Waals surface area contributed by atoms with Gasteiger partial charge >= 0.3 is 18.2 Å². The van der Waals surface area contributed by atoms with Crippen molar-refractivity contribution < 1.29 is 45.8 Å². The molecule has 0 saturated heterocycles. The number of hydrogen-bond donors (Lipinski definition) is 2. The Balaban J connectivity index is 2.13. The summed E-state index contributed by atoms with van der Waals surface area (Å²) in [4.78, 5) is 22.7. The first-order valence-corrected chi connectivity index (χ1v) is 13.8. The number of carboxylic acids is 1. The smallest absolute Gasteiger partial charge is 0.416 e. The summed E-state index contributed by atoms with van der Waals surface area (Å²) in [5.41, 5.74) is 0.353. The van der Waals surface area contributed by atoms with Crippen LogP contribution in [0.4, 0.5) is 18.0 Å². The van der Waals surface area contributed by atoms with Crippen LogP contribution in [0.5, 0.6) is 5.75 Å². The van der Waals surface area contributed by atoms with Crippen LogP contribution in [0.3, 0.4) is 0 Å². The van der Waals surface area contributed by atoms with Crippen LogP contribution in [0.2, 0.25) is 0 Å². The lowest BCUT2D eigenvalue weighted by atomic mass is 10.0. The molecule has 0 aliphatic rings. The number of carboxylic acid groups (broad SMARTS) is 1. The van der Waals surface area contributed by atoms with Gasteiger partial charge in [0, 0.05) is 26.1 Å². The molecule has 39 heavy (non-hydrogen) atoms. The number of aryl methyl sites for hydroxylation is 1. The molecule has 0 saturated carbocycles. The van der Waals surface area contributed by atoms with Crippen LogP contribution in [0.25, 0.3) is 0 Å². The van der Waals surface area contributed by atoms with Gasteiger partial charge in [0.1, 0.15) is 12.4 Å². The Labute approximate surface area is 226 Å². The number of benzene rings is 2. The lowest BCUT2D eigenvalue weighted by Gasteiger charge is -2.22. The highest BCUT2D eigenvalue weighted by Gasteiger charge is 2.31. The van der Waals surface area contributed by atoms with E-state index in [9.17, 15) is 31.2 Å². The molecule has 0 heterocycles. The Morgan fingerprint density at radius 3 is 2.28 bits per heavy atom. The SMILES string of the molecule is CCCN(CCOc1ccc(CCC(=O)O)c(CNC(=O)OC(C)C)c1)S(=O)(=O)c1ccc(C(F)(F)F)cc1. The van der Waals surface area contributed by atoms with Gasteiger partial charge in [-0.2, -0.15) is 17.5 Å².